The fourth-order valence-corrected chi connectivity index (χ4v) is 4.85. The van der Waals surface area contributed by atoms with Crippen LogP contribution in [0.1, 0.15) is 61.0 Å². The van der Waals surface area contributed by atoms with Crippen LogP contribution in [0, 0.1) is 0 Å². The van der Waals surface area contributed by atoms with Gasteiger partial charge in [-0.2, -0.15) is 0 Å². The van der Waals surface area contributed by atoms with Gasteiger partial charge in [0.05, 0.1) is 26.3 Å². The number of carbonyl (C=O) groups is 7. The minimum atomic E-state index is -2.88. The fraction of sp³-hybridized carbons (Fsp3) is 0.594. The summed E-state index contributed by atoms with van der Waals surface area (Å²) in [6, 6.07) is 6.73. The molecular weight excluding hydrogens is 671 g/mol. The first-order valence-corrected chi connectivity index (χ1v) is 16.0. The number of carbonyl (C=O) groups excluding carboxylic acids is 7. The highest BCUT2D eigenvalue weighted by Gasteiger charge is 2.52. The number of benzene rings is 1. The van der Waals surface area contributed by atoms with E-state index in [1.165, 1.54) is 48.7 Å². The van der Waals surface area contributed by atoms with Crippen molar-refractivity contribution in [1.82, 2.24) is 26.6 Å². The van der Waals surface area contributed by atoms with Crippen LogP contribution in [0.3, 0.4) is 0 Å². The van der Waals surface area contributed by atoms with E-state index in [1.807, 2.05) is 0 Å². The van der Waals surface area contributed by atoms with Gasteiger partial charge in [-0.25, -0.2) is 9.59 Å². The Morgan fingerprint density at radius 3 is 1.51 bits per heavy atom. The molecular formula is C32H50BN6O12-. The third kappa shape index (κ3) is 10.2. The summed E-state index contributed by atoms with van der Waals surface area (Å²) in [7, 11) is 3.56. The Hall–Kier alpha value is -4.59. The zero-order valence-corrected chi connectivity index (χ0v) is 30.9. The molecule has 5 amide bonds. The average molecular weight is 722 g/mol. The van der Waals surface area contributed by atoms with Crippen molar-refractivity contribution in [3.05, 3.63) is 29.8 Å². The number of nitrogens with one attached hydrogen (secondary N) is 5. The first-order chi connectivity index (χ1) is 23.4. The zero-order chi connectivity index (χ0) is 39.2. The lowest BCUT2D eigenvalue weighted by atomic mass is 9.67. The summed E-state index contributed by atoms with van der Waals surface area (Å²) in [6.07, 6.45) is -2.95. The second-order valence-electron chi connectivity index (χ2n) is 14.1. The Bertz CT molecular complexity index is 1510. The van der Waals surface area contributed by atoms with Gasteiger partial charge < -0.3 is 50.4 Å². The van der Waals surface area contributed by atoms with Crippen LogP contribution in [0.5, 0.6) is 0 Å². The molecule has 0 aromatic heterocycles. The van der Waals surface area contributed by atoms with Crippen molar-refractivity contribution in [2.24, 2.45) is 5.73 Å². The molecule has 7 N–H and O–H groups in total. The van der Waals surface area contributed by atoms with Gasteiger partial charge in [-0.3, -0.25) is 29.3 Å². The predicted molar refractivity (Wildman–Crippen MR) is 182 cm³/mol. The predicted octanol–water partition coefficient (Wildman–Crippen LogP) is -2.24. The van der Waals surface area contributed by atoms with E-state index >= 15 is 0 Å². The van der Waals surface area contributed by atoms with E-state index in [2.05, 4.69) is 26.6 Å². The van der Waals surface area contributed by atoms with Crippen LogP contribution in [0.4, 0.5) is 0 Å². The van der Waals surface area contributed by atoms with Crippen molar-refractivity contribution in [2.75, 3.05) is 27.9 Å². The van der Waals surface area contributed by atoms with Crippen LogP contribution in [-0.4, -0.2) is 110 Å². The normalized spacial score (nSPS) is 17.5. The van der Waals surface area contributed by atoms with Gasteiger partial charge >= 0.3 is 18.7 Å². The first kappa shape index (κ1) is 42.6. The summed E-state index contributed by atoms with van der Waals surface area (Å²) in [4.78, 5) is 88.5. The largest absolute Gasteiger partial charge is 0.543 e. The lowest BCUT2D eigenvalue weighted by molar-refractivity contribution is -0.160. The summed E-state index contributed by atoms with van der Waals surface area (Å²) < 4.78 is 27.1. The summed E-state index contributed by atoms with van der Waals surface area (Å²) in [5.41, 5.74) is 0.118. The van der Waals surface area contributed by atoms with Crippen LogP contribution in [0.25, 0.3) is 0 Å². The molecule has 0 radical (unpaired) electrons. The molecule has 0 aliphatic carbocycles. The molecule has 1 aliphatic rings. The van der Waals surface area contributed by atoms with Gasteiger partial charge in [-0.1, -0.05) is 29.8 Å². The minimum Gasteiger partial charge on any atom is -0.543 e. The average Bonchev–Trinajstić information content (AvgIpc) is 3.46. The number of hydrogen-bond acceptors (Lipinski definition) is 13. The van der Waals surface area contributed by atoms with Crippen LogP contribution in [-0.2, 0) is 63.5 Å². The molecule has 1 aliphatic heterocycles. The lowest BCUT2D eigenvalue weighted by Gasteiger charge is -2.37. The van der Waals surface area contributed by atoms with E-state index < -0.39 is 89.1 Å². The van der Waals surface area contributed by atoms with E-state index in [4.69, 9.17) is 29.2 Å². The fourth-order valence-electron chi connectivity index (χ4n) is 4.85. The number of esters is 2. The molecule has 2 rings (SSSR count). The molecule has 1 aromatic rings. The quantitative estimate of drug-likeness (QED) is 0.0782. The zero-order valence-electron chi connectivity index (χ0n) is 30.9. The van der Waals surface area contributed by atoms with Crippen LogP contribution < -0.4 is 37.8 Å². The van der Waals surface area contributed by atoms with Gasteiger partial charge in [0.1, 0.15) is 28.8 Å². The van der Waals surface area contributed by atoms with Crippen LogP contribution >= 0.6 is 0 Å². The Morgan fingerprint density at radius 1 is 0.686 bits per heavy atom. The number of amides is 5. The van der Waals surface area contributed by atoms with E-state index in [1.54, 1.807) is 38.1 Å². The summed E-state index contributed by atoms with van der Waals surface area (Å²) in [6.45, 7) is 8.49. The molecule has 19 heteroatoms. The van der Waals surface area contributed by atoms with Crippen molar-refractivity contribution in [2.45, 2.75) is 96.3 Å². The number of ether oxygens (including phenoxy) is 2. The third-order valence-corrected chi connectivity index (χ3v) is 8.23. The Labute approximate surface area is 296 Å². The van der Waals surface area contributed by atoms with E-state index in [0.29, 0.717) is 11.0 Å². The minimum absolute atomic E-state index is 0.0323. The van der Waals surface area contributed by atoms with E-state index in [-0.39, 0.29) is 6.54 Å². The molecule has 0 saturated carbocycles. The number of rotatable bonds is 16. The summed E-state index contributed by atoms with van der Waals surface area (Å²) in [5, 5.41) is 13.3. The highest BCUT2D eigenvalue weighted by molar-refractivity contribution is 6.76. The topological polar surface area (TPSA) is 252 Å². The Kier molecular flexibility index (Phi) is 13.5. The molecule has 1 saturated heterocycles. The maximum Gasteiger partial charge on any atom is 0.410 e. The van der Waals surface area contributed by atoms with Gasteiger partial charge in [-0.05, 0) is 62.5 Å². The molecule has 51 heavy (non-hydrogen) atoms. The highest BCUT2D eigenvalue weighted by Crippen LogP contribution is 2.29. The maximum absolute atomic E-state index is 13.6. The molecule has 0 spiro atoms. The second-order valence-corrected chi connectivity index (χ2v) is 14.1. The number of primary amides is 1. The Morgan fingerprint density at radius 2 is 1.10 bits per heavy atom. The molecule has 0 bridgehead atoms. The highest BCUT2D eigenvalue weighted by atomic mass is 16.8. The maximum atomic E-state index is 13.6. The smallest absolute Gasteiger partial charge is 0.410 e. The number of methoxy groups -OCH3 is 2. The number of nitrogens with two attached hydrogens (primary N) is 1. The summed E-state index contributed by atoms with van der Waals surface area (Å²) in [5.74, 6) is -5.16. The molecule has 2 atom stereocenters. The van der Waals surface area contributed by atoms with Crippen molar-refractivity contribution < 1.29 is 57.0 Å². The molecule has 1 aromatic carbocycles. The van der Waals surface area contributed by atoms with Crippen molar-refractivity contribution >= 4 is 53.7 Å². The van der Waals surface area contributed by atoms with E-state index in [9.17, 15) is 33.6 Å². The monoisotopic (exact) mass is 721 g/mol. The van der Waals surface area contributed by atoms with Crippen LogP contribution in [0.2, 0.25) is 0 Å². The lowest BCUT2D eigenvalue weighted by Crippen LogP contribution is -2.67. The van der Waals surface area contributed by atoms with Gasteiger partial charge in [0.25, 0.3) is 0 Å². The molecule has 0 unspecified atom stereocenters. The van der Waals surface area contributed by atoms with Crippen molar-refractivity contribution in [3.8, 4) is 0 Å². The summed E-state index contributed by atoms with van der Waals surface area (Å²) >= 11 is 0. The third-order valence-electron chi connectivity index (χ3n) is 8.23. The SMILES string of the molecule is COC(=O)[C@@H]1O[B-](OC)(c2ccccc2CNC(C)(C)C(=O)NC(C)(C)C(=O)NC(C)(C)C(=O)NC(C)(C)C(=O)NCC(N)=O)O[C@H]1C(=O)OC. The van der Waals surface area contributed by atoms with Gasteiger partial charge in [0.2, 0.25) is 29.5 Å². The van der Waals surface area contributed by atoms with E-state index in [0.717, 1.165) is 14.2 Å². The standard InChI is InChI=1S/C32H50BN6O12/c1-29(2,26(44)37-31(5,6)28(46)39-32(7,8)27(45)38-30(3,4)25(43)35-17-20(34)40)36-16-18-14-12-13-15-19(18)33(49-11)50-21(23(41)47-9)22(51-33)24(42)48-10/h12-15,21-22,36H,16-17H2,1-11H3,(H2,34,40)(H,35,43)(H,37,44)(H,38,45)(H,39,46)/q-1/t21-,22-/m1/s1. The van der Waals surface area contributed by atoms with Crippen molar-refractivity contribution in [3.63, 3.8) is 0 Å². The molecule has 18 nitrogen and oxygen atoms in total. The molecule has 1 heterocycles. The van der Waals surface area contributed by atoms with Gasteiger partial charge in [0.15, 0.2) is 0 Å². The van der Waals surface area contributed by atoms with Crippen molar-refractivity contribution in [1.29, 1.82) is 0 Å². The van der Waals surface area contributed by atoms with Gasteiger partial charge in [-0.15, -0.1) is 5.46 Å². The first-order valence-electron chi connectivity index (χ1n) is 16.0. The Balaban J connectivity index is 2.18. The second kappa shape index (κ2) is 16.2. The van der Waals surface area contributed by atoms with Gasteiger partial charge in [0, 0.05) is 6.54 Å². The number of hydrogen-bond donors (Lipinski definition) is 6. The molecule has 284 valence electrons. The van der Waals surface area contributed by atoms with Crippen LogP contribution in [0.15, 0.2) is 24.3 Å². The molecule has 1 fully saturated rings.